The average molecular weight is 294 g/mol. The van der Waals surface area contributed by atoms with Gasteiger partial charge < -0.3 is 0 Å². The first-order valence-electron chi connectivity index (χ1n) is 6.83. The molecule has 110 valence electrons. The van der Waals surface area contributed by atoms with Crippen molar-refractivity contribution in [2.75, 3.05) is 13.2 Å². The van der Waals surface area contributed by atoms with E-state index in [2.05, 4.69) is 32.4 Å². The summed E-state index contributed by atoms with van der Waals surface area (Å²) in [6, 6.07) is 7.93. The van der Waals surface area contributed by atoms with Crippen LogP contribution < -0.4 is 0 Å². The summed E-state index contributed by atoms with van der Waals surface area (Å²) in [6.07, 6.45) is 0. The van der Waals surface area contributed by atoms with E-state index in [0.717, 1.165) is 5.56 Å². The molecule has 0 fully saturated rings. The Morgan fingerprint density at radius 3 is 1.95 bits per heavy atom. The Morgan fingerprint density at radius 2 is 1.55 bits per heavy atom. The minimum Gasteiger partial charge on any atom is -0.300 e. The van der Waals surface area contributed by atoms with E-state index in [1.54, 1.807) is 13.8 Å². The molecule has 0 aliphatic rings. The lowest BCUT2D eigenvalue weighted by atomic mass is 9.87. The van der Waals surface area contributed by atoms with Gasteiger partial charge in [-0.15, -0.1) is 0 Å². The Hall–Kier alpha value is -1.07. The fraction of sp³-hybridized carbons (Fsp3) is 0.500. The number of hydrogen-bond acceptors (Lipinski definition) is 3. The summed E-state index contributed by atoms with van der Waals surface area (Å²) >= 11 is 0. The smallest absolute Gasteiger partial charge is 0.300 e. The number of hydrogen-bond donors (Lipinski definition) is 0. The highest BCUT2D eigenvalue weighted by molar-refractivity contribution is 7.59. The van der Waals surface area contributed by atoms with Crippen LogP contribution in [0.3, 0.4) is 0 Å². The lowest BCUT2D eigenvalue weighted by molar-refractivity contribution is 0.230. The zero-order chi connectivity index (χ0) is 15.2. The summed E-state index contributed by atoms with van der Waals surface area (Å²) in [4.78, 5) is 0. The van der Waals surface area contributed by atoms with E-state index in [1.165, 1.54) is 5.56 Å². The van der Waals surface area contributed by atoms with Crippen molar-refractivity contribution in [1.29, 1.82) is 0 Å². The maximum atomic E-state index is 12.2. The maximum absolute atomic E-state index is 12.2. The summed E-state index contributed by atoms with van der Waals surface area (Å²) in [5, 5.41) is 0. The molecule has 0 aliphatic heterocycles. The monoisotopic (exact) mass is 294 g/mol. The van der Waals surface area contributed by atoms with Gasteiger partial charge in [0.1, 0.15) is 0 Å². The molecule has 3 nitrogen and oxygen atoms in total. The molecule has 0 radical (unpaired) electrons. The molecule has 0 saturated heterocycles. The Labute approximate surface area is 122 Å². The standard InChI is InChI=1S/C16H23O3P/c1-6-18-20(17,19-7-2)13-12-14-8-10-15(11-9-14)16(3,4)5/h8-11H,6-7H2,1-5H3. The molecule has 0 N–H and O–H groups in total. The van der Waals surface area contributed by atoms with Crippen molar-refractivity contribution in [3.8, 4) is 11.6 Å². The maximum Gasteiger partial charge on any atom is 0.405 e. The van der Waals surface area contributed by atoms with E-state index < -0.39 is 7.60 Å². The summed E-state index contributed by atoms with van der Waals surface area (Å²) in [5.41, 5.74) is 4.78. The molecule has 0 aliphatic carbocycles. The summed E-state index contributed by atoms with van der Waals surface area (Å²) in [7, 11) is -3.29. The molecule has 0 aromatic heterocycles. The predicted octanol–water partition coefficient (Wildman–Crippen LogP) is 4.56. The summed E-state index contributed by atoms with van der Waals surface area (Å²) < 4.78 is 22.5. The number of benzene rings is 1. The van der Waals surface area contributed by atoms with Gasteiger partial charge in [-0.2, -0.15) is 0 Å². The molecule has 0 atom stereocenters. The van der Waals surface area contributed by atoms with Crippen molar-refractivity contribution in [1.82, 2.24) is 0 Å². The van der Waals surface area contributed by atoms with Crippen LogP contribution in [0, 0.1) is 11.6 Å². The van der Waals surface area contributed by atoms with Gasteiger partial charge in [0.05, 0.1) is 13.2 Å². The molecule has 0 unspecified atom stereocenters. The highest BCUT2D eigenvalue weighted by Crippen LogP contribution is 2.46. The van der Waals surface area contributed by atoms with Crippen LogP contribution in [0.2, 0.25) is 0 Å². The van der Waals surface area contributed by atoms with Crippen LogP contribution in [0.4, 0.5) is 0 Å². The van der Waals surface area contributed by atoms with E-state index in [9.17, 15) is 4.57 Å². The zero-order valence-electron chi connectivity index (χ0n) is 12.9. The van der Waals surface area contributed by atoms with Gasteiger partial charge in [0.25, 0.3) is 0 Å². The minimum absolute atomic E-state index is 0.109. The Bertz CT molecular complexity index is 520. The van der Waals surface area contributed by atoms with E-state index in [4.69, 9.17) is 9.05 Å². The molecule has 0 heterocycles. The summed E-state index contributed by atoms with van der Waals surface area (Å²) in [5.74, 6) is 2.87. The van der Waals surface area contributed by atoms with Crippen molar-refractivity contribution in [2.24, 2.45) is 0 Å². The molecule has 0 spiro atoms. The van der Waals surface area contributed by atoms with Gasteiger partial charge in [0, 0.05) is 11.2 Å². The lowest BCUT2D eigenvalue weighted by Crippen LogP contribution is -2.10. The van der Waals surface area contributed by atoms with Gasteiger partial charge in [-0.05, 0) is 37.0 Å². The third-order valence-corrected chi connectivity index (χ3v) is 4.27. The average Bonchev–Trinajstić information content (AvgIpc) is 2.37. The minimum atomic E-state index is -3.29. The van der Waals surface area contributed by atoms with Gasteiger partial charge >= 0.3 is 7.60 Å². The van der Waals surface area contributed by atoms with Crippen molar-refractivity contribution >= 4 is 7.60 Å². The molecule has 20 heavy (non-hydrogen) atoms. The summed E-state index contributed by atoms with van der Waals surface area (Å²) in [6.45, 7) is 10.6. The van der Waals surface area contributed by atoms with E-state index in [-0.39, 0.29) is 5.41 Å². The Kier molecular flexibility index (Phi) is 6.02. The van der Waals surface area contributed by atoms with E-state index in [0.29, 0.717) is 13.2 Å². The van der Waals surface area contributed by atoms with Gasteiger partial charge in [0.15, 0.2) is 0 Å². The molecule has 1 rings (SSSR count). The highest BCUT2D eigenvalue weighted by atomic mass is 31.2. The molecule has 4 heteroatoms. The second-order valence-electron chi connectivity index (χ2n) is 5.40. The topological polar surface area (TPSA) is 35.5 Å². The van der Waals surface area contributed by atoms with Crippen LogP contribution in [-0.4, -0.2) is 13.2 Å². The third-order valence-electron chi connectivity index (χ3n) is 2.69. The van der Waals surface area contributed by atoms with Crippen LogP contribution >= 0.6 is 7.60 Å². The Balaban J connectivity index is 2.93. The lowest BCUT2D eigenvalue weighted by Gasteiger charge is -2.18. The highest BCUT2D eigenvalue weighted by Gasteiger charge is 2.19. The second-order valence-corrected chi connectivity index (χ2v) is 7.13. The van der Waals surface area contributed by atoms with E-state index in [1.807, 2.05) is 24.3 Å². The predicted molar refractivity (Wildman–Crippen MR) is 82.9 cm³/mol. The normalized spacial score (nSPS) is 11.8. The van der Waals surface area contributed by atoms with Crippen LogP contribution in [0.5, 0.6) is 0 Å². The van der Waals surface area contributed by atoms with Gasteiger partial charge in [-0.3, -0.25) is 9.05 Å². The molecule has 1 aromatic carbocycles. The first kappa shape index (κ1) is 17.0. The van der Waals surface area contributed by atoms with E-state index >= 15 is 0 Å². The van der Waals surface area contributed by atoms with Gasteiger partial charge in [0.2, 0.25) is 0 Å². The Morgan fingerprint density at radius 1 is 1.05 bits per heavy atom. The van der Waals surface area contributed by atoms with Crippen molar-refractivity contribution < 1.29 is 13.6 Å². The molecule has 1 aromatic rings. The molecular weight excluding hydrogens is 271 g/mol. The van der Waals surface area contributed by atoms with Crippen molar-refractivity contribution in [3.05, 3.63) is 35.4 Å². The fourth-order valence-electron chi connectivity index (χ4n) is 1.63. The molecule has 0 bridgehead atoms. The SMILES string of the molecule is CCOP(=O)(C#Cc1ccc(C(C)(C)C)cc1)OCC. The third kappa shape index (κ3) is 5.13. The van der Waals surface area contributed by atoms with Crippen molar-refractivity contribution in [2.45, 2.75) is 40.0 Å². The molecular formula is C16H23O3P. The van der Waals surface area contributed by atoms with Gasteiger partial charge in [-0.1, -0.05) is 38.8 Å². The molecule has 0 saturated carbocycles. The fourth-order valence-corrected chi connectivity index (χ4v) is 2.78. The first-order valence-corrected chi connectivity index (χ1v) is 8.38. The first-order chi connectivity index (χ1) is 9.30. The van der Waals surface area contributed by atoms with Crippen LogP contribution in [-0.2, 0) is 19.0 Å². The largest absolute Gasteiger partial charge is 0.405 e. The zero-order valence-corrected chi connectivity index (χ0v) is 13.8. The van der Waals surface area contributed by atoms with Gasteiger partial charge in [-0.25, -0.2) is 4.57 Å². The van der Waals surface area contributed by atoms with Crippen LogP contribution in [0.1, 0.15) is 45.7 Å². The van der Waals surface area contributed by atoms with Crippen molar-refractivity contribution in [3.63, 3.8) is 0 Å². The van der Waals surface area contributed by atoms with Crippen LogP contribution in [0.25, 0.3) is 0 Å². The quantitative estimate of drug-likeness (QED) is 0.603. The number of rotatable bonds is 4. The second kappa shape index (κ2) is 7.09. The van der Waals surface area contributed by atoms with Crippen LogP contribution in [0.15, 0.2) is 24.3 Å². The molecule has 0 amide bonds.